The molecule has 1 amide bonds. The zero-order chi connectivity index (χ0) is 42.7. The number of aliphatic hydroxyl groups excluding tert-OH is 3. The Morgan fingerprint density at radius 2 is 1.55 bits per heavy atom. The molecule has 314 valence electrons. The Morgan fingerprint density at radius 1 is 0.948 bits per heavy atom. The summed E-state index contributed by atoms with van der Waals surface area (Å²) in [6.45, 7) is 11.8. The Bertz CT molecular complexity index is 1980. The average molecular weight is 808 g/mol. The van der Waals surface area contributed by atoms with Crippen LogP contribution < -0.4 is 5.32 Å². The molecule has 15 nitrogen and oxygen atoms in total. The molecule has 2 aromatic carbocycles. The number of rotatable bonds is 8. The standard InChI is InChI=1S/C43H53NO14/c1-22-26(55-37(51)32(48)30(24-15-11-9-12-16-24)44-38(52)58-39(3,4)5)20-43(53)35(56-36(50)25-17-13-10-14-18-25)33-41(8,34(49)31(47)29(22)40(43,6)7)27(46)19-28-42(33,21-54-28)57-23(2)45/h9-18,26-28,30-33,35,46-48,53H,19-21H2,1-8H3,(H,44,52)/t26-,27-,28-,30+,31-,32+,33+,35-,41-,42+,43-/m1/s1. The van der Waals surface area contributed by atoms with Crippen LogP contribution in [0.1, 0.15) is 90.2 Å². The number of alkyl carbamates (subject to hydrolysis) is 1. The Balaban J connectivity index is 1.49. The fraction of sp³-hybridized carbons (Fsp3) is 0.558. The van der Waals surface area contributed by atoms with Crippen LogP contribution in [0.15, 0.2) is 71.8 Å². The molecule has 1 heterocycles. The molecule has 2 saturated carbocycles. The summed E-state index contributed by atoms with van der Waals surface area (Å²) in [6, 6.07) is 14.6. The summed E-state index contributed by atoms with van der Waals surface area (Å²) in [5.41, 5.74) is -8.14. The van der Waals surface area contributed by atoms with Crippen molar-refractivity contribution in [1.29, 1.82) is 0 Å². The average Bonchev–Trinajstić information content (AvgIpc) is 3.14. The molecule has 0 radical (unpaired) electrons. The molecule has 1 aliphatic heterocycles. The van der Waals surface area contributed by atoms with Crippen LogP contribution in [0.5, 0.6) is 0 Å². The van der Waals surface area contributed by atoms with Crippen molar-refractivity contribution >= 4 is 29.8 Å². The topological polar surface area (TPSA) is 224 Å². The van der Waals surface area contributed by atoms with Crippen molar-refractivity contribution in [3.05, 3.63) is 82.9 Å². The Hall–Kier alpha value is -4.67. The van der Waals surface area contributed by atoms with Gasteiger partial charge in [0.15, 0.2) is 17.5 Å². The first-order valence-corrected chi connectivity index (χ1v) is 19.3. The maximum absolute atomic E-state index is 14.9. The summed E-state index contributed by atoms with van der Waals surface area (Å²) >= 11 is 0. The number of ether oxygens (including phenoxy) is 5. The van der Waals surface area contributed by atoms with E-state index in [0.717, 1.165) is 6.92 Å². The molecule has 1 saturated heterocycles. The van der Waals surface area contributed by atoms with E-state index in [9.17, 15) is 44.4 Å². The van der Waals surface area contributed by atoms with Gasteiger partial charge < -0.3 is 49.4 Å². The highest BCUT2D eigenvalue weighted by molar-refractivity contribution is 5.94. The predicted molar refractivity (Wildman–Crippen MR) is 204 cm³/mol. The largest absolute Gasteiger partial charge is 0.456 e. The van der Waals surface area contributed by atoms with Crippen LogP contribution in [-0.2, 0) is 38.1 Å². The number of fused-ring (bicyclic) bond motifs is 5. The molecule has 2 bridgehead atoms. The number of carbonyl (C=O) groups is 5. The molecule has 0 spiro atoms. The minimum absolute atomic E-state index is 0.0637. The number of amides is 1. The van der Waals surface area contributed by atoms with Gasteiger partial charge in [-0.15, -0.1) is 0 Å². The molecule has 2 aromatic rings. The van der Waals surface area contributed by atoms with Gasteiger partial charge in [-0.25, -0.2) is 14.4 Å². The number of Topliss-reactive ketones (excluding diaryl/α,β-unsaturated/α-hetero) is 1. The van der Waals surface area contributed by atoms with E-state index in [1.807, 2.05) is 0 Å². The van der Waals surface area contributed by atoms with Gasteiger partial charge in [0.25, 0.3) is 0 Å². The van der Waals surface area contributed by atoms with Crippen molar-refractivity contribution in [2.24, 2.45) is 16.7 Å². The second kappa shape index (κ2) is 15.2. The second-order valence-electron chi connectivity index (χ2n) is 17.6. The molecule has 6 rings (SSSR count). The highest BCUT2D eigenvalue weighted by Crippen LogP contribution is 2.64. The lowest BCUT2D eigenvalue weighted by Gasteiger charge is -2.67. The van der Waals surface area contributed by atoms with Crippen molar-refractivity contribution in [2.45, 2.75) is 128 Å². The fourth-order valence-corrected chi connectivity index (χ4v) is 9.56. The minimum Gasteiger partial charge on any atom is -0.456 e. The van der Waals surface area contributed by atoms with Gasteiger partial charge in [-0.3, -0.25) is 9.59 Å². The summed E-state index contributed by atoms with van der Waals surface area (Å²) in [5, 5.41) is 51.6. The third kappa shape index (κ3) is 7.10. The summed E-state index contributed by atoms with van der Waals surface area (Å²) in [7, 11) is 0. The third-order valence-electron chi connectivity index (χ3n) is 12.6. The number of hydrogen-bond acceptors (Lipinski definition) is 14. The van der Waals surface area contributed by atoms with E-state index in [1.165, 1.54) is 26.0 Å². The lowest BCUT2D eigenvalue weighted by molar-refractivity contribution is -0.346. The molecule has 3 aliphatic carbocycles. The number of aliphatic hydroxyl groups is 4. The van der Waals surface area contributed by atoms with E-state index in [4.69, 9.17) is 23.7 Å². The van der Waals surface area contributed by atoms with Gasteiger partial charge in [0.05, 0.1) is 35.6 Å². The number of nitrogens with one attached hydrogen (secondary N) is 1. The normalized spacial score (nSPS) is 33.7. The number of benzene rings is 2. The van der Waals surface area contributed by atoms with Gasteiger partial charge in [0.1, 0.15) is 35.6 Å². The third-order valence-corrected chi connectivity index (χ3v) is 12.6. The molecule has 58 heavy (non-hydrogen) atoms. The summed E-state index contributed by atoms with van der Waals surface area (Å²) < 4.78 is 29.5. The summed E-state index contributed by atoms with van der Waals surface area (Å²) in [5.74, 6) is -5.36. The van der Waals surface area contributed by atoms with Crippen LogP contribution in [0.4, 0.5) is 4.79 Å². The van der Waals surface area contributed by atoms with Crippen LogP contribution in [0.2, 0.25) is 0 Å². The SMILES string of the molecule is CC(=O)O[C@@]12CO[C@@H]1C[C@@H](O)[C@@]1(C)C(=O)[C@H](O)C3=C(C)[C@H](OC(=O)[C@@H](O)[C@@H](NC(=O)OC(C)(C)C)c4ccccc4)C[C@@](O)([C@H](OC(=O)c4ccccc4)[C@H]21)C3(C)C. The highest BCUT2D eigenvalue weighted by atomic mass is 16.6. The van der Waals surface area contributed by atoms with Gasteiger partial charge in [-0.1, -0.05) is 62.4 Å². The zero-order valence-electron chi connectivity index (χ0n) is 33.9. The second-order valence-corrected chi connectivity index (χ2v) is 17.6. The lowest BCUT2D eigenvalue weighted by Crippen LogP contribution is -2.81. The number of ketones is 1. The number of esters is 3. The maximum Gasteiger partial charge on any atom is 0.408 e. The monoisotopic (exact) mass is 807 g/mol. The first-order valence-electron chi connectivity index (χ1n) is 19.3. The number of carbonyl (C=O) groups excluding carboxylic acids is 5. The number of hydrogen-bond donors (Lipinski definition) is 5. The van der Waals surface area contributed by atoms with Gasteiger partial charge in [0.2, 0.25) is 0 Å². The van der Waals surface area contributed by atoms with E-state index in [2.05, 4.69) is 5.32 Å². The van der Waals surface area contributed by atoms with Crippen molar-refractivity contribution in [2.75, 3.05) is 6.61 Å². The Morgan fingerprint density at radius 3 is 2.10 bits per heavy atom. The molecule has 4 aliphatic rings. The molecular formula is C43H53NO14. The first-order chi connectivity index (χ1) is 27.0. The Kier molecular flexibility index (Phi) is 11.2. The summed E-state index contributed by atoms with van der Waals surface area (Å²) in [4.78, 5) is 68.9. The van der Waals surface area contributed by atoms with E-state index >= 15 is 0 Å². The van der Waals surface area contributed by atoms with Crippen LogP contribution >= 0.6 is 0 Å². The minimum atomic E-state index is -2.35. The molecule has 5 N–H and O–H groups in total. The van der Waals surface area contributed by atoms with Crippen LogP contribution in [-0.4, -0.2) is 110 Å². The van der Waals surface area contributed by atoms with Crippen LogP contribution in [0.25, 0.3) is 0 Å². The highest BCUT2D eigenvalue weighted by Gasteiger charge is 2.78. The molecule has 15 heteroatoms. The van der Waals surface area contributed by atoms with E-state index in [0.29, 0.717) is 5.56 Å². The van der Waals surface area contributed by atoms with Gasteiger partial charge >= 0.3 is 24.0 Å². The van der Waals surface area contributed by atoms with Crippen molar-refractivity contribution in [1.82, 2.24) is 5.32 Å². The molecule has 11 atom stereocenters. The molecule has 3 fully saturated rings. The first kappa shape index (κ1) is 42.9. The van der Waals surface area contributed by atoms with Crippen molar-refractivity contribution in [3.8, 4) is 0 Å². The van der Waals surface area contributed by atoms with Crippen molar-refractivity contribution in [3.63, 3.8) is 0 Å². The molecule has 0 aromatic heterocycles. The van der Waals surface area contributed by atoms with Crippen molar-refractivity contribution < 1.29 is 68.1 Å². The maximum atomic E-state index is 14.9. The predicted octanol–water partition coefficient (Wildman–Crippen LogP) is 3.26. The zero-order valence-corrected chi connectivity index (χ0v) is 33.9. The van der Waals surface area contributed by atoms with E-state index < -0.39 is 112 Å². The van der Waals surface area contributed by atoms with E-state index in [-0.39, 0.29) is 29.7 Å². The Labute approximate surface area is 336 Å². The summed E-state index contributed by atoms with van der Waals surface area (Å²) in [6.07, 6.45) is -11.5. The quantitative estimate of drug-likeness (QED) is 0.147. The van der Waals surface area contributed by atoms with Gasteiger partial charge in [-0.2, -0.15) is 0 Å². The van der Waals surface area contributed by atoms with Gasteiger partial charge in [0, 0.05) is 25.2 Å². The van der Waals surface area contributed by atoms with Gasteiger partial charge in [-0.05, 0) is 63.5 Å². The fourth-order valence-electron chi connectivity index (χ4n) is 9.56. The lowest BCUT2D eigenvalue weighted by atomic mass is 9.44. The smallest absolute Gasteiger partial charge is 0.408 e. The van der Waals surface area contributed by atoms with Crippen LogP contribution in [0, 0.1) is 16.7 Å². The molecular weight excluding hydrogens is 754 g/mol. The van der Waals surface area contributed by atoms with Crippen LogP contribution in [0.3, 0.4) is 0 Å². The molecule has 0 unspecified atom stereocenters. The van der Waals surface area contributed by atoms with E-state index in [1.54, 1.807) is 83.1 Å².